The van der Waals surface area contributed by atoms with E-state index in [1.807, 2.05) is 0 Å². The predicted molar refractivity (Wildman–Crippen MR) is 62.7 cm³/mol. The largest absolute Gasteiger partial charge is 0.417 e. The van der Waals surface area contributed by atoms with Crippen molar-refractivity contribution in [1.82, 2.24) is 4.98 Å². The second kappa shape index (κ2) is 4.35. The summed E-state index contributed by atoms with van der Waals surface area (Å²) in [5, 5.41) is 19.0. The third kappa shape index (κ3) is 2.40. The molecule has 0 radical (unpaired) electrons. The monoisotopic (exact) mass is 237 g/mol. The van der Waals surface area contributed by atoms with E-state index in [4.69, 9.17) is 9.52 Å². The summed E-state index contributed by atoms with van der Waals surface area (Å²) in [7, 11) is 0. The van der Waals surface area contributed by atoms with Crippen molar-refractivity contribution in [3.05, 3.63) is 34.3 Å². The van der Waals surface area contributed by atoms with Gasteiger partial charge in [-0.1, -0.05) is 6.07 Å². The average molecular weight is 237 g/mol. The fourth-order valence-corrected chi connectivity index (χ4v) is 1.85. The van der Waals surface area contributed by atoms with Crippen molar-refractivity contribution >= 4 is 11.1 Å². The highest BCUT2D eigenvalue weighted by molar-refractivity contribution is 5.73. The number of aliphatic hydroxyl groups excluding tert-OH is 1. The molecule has 0 aliphatic rings. The molecular weight excluding hydrogens is 222 g/mol. The molecule has 1 aromatic heterocycles. The van der Waals surface area contributed by atoms with Crippen LogP contribution in [0, 0.1) is 0 Å². The molecule has 1 aromatic carbocycles. The Balaban J connectivity index is 2.37. The van der Waals surface area contributed by atoms with Gasteiger partial charge in [0.05, 0.1) is 11.1 Å². The number of aliphatic hydroxyl groups is 2. The van der Waals surface area contributed by atoms with Crippen LogP contribution in [0.4, 0.5) is 0 Å². The van der Waals surface area contributed by atoms with Crippen LogP contribution in [-0.2, 0) is 5.60 Å². The van der Waals surface area contributed by atoms with E-state index in [9.17, 15) is 9.90 Å². The minimum atomic E-state index is -1.02. The molecular formula is C12H15NO4. The van der Waals surface area contributed by atoms with Gasteiger partial charge in [0.1, 0.15) is 0 Å². The predicted octanol–water partition coefficient (Wildman–Crippen LogP) is 1.10. The molecule has 2 rings (SSSR count). The average Bonchev–Trinajstić information content (AvgIpc) is 2.65. The summed E-state index contributed by atoms with van der Waals surface area (Å²) in [5.74, 6) is -0.507. The maximum atomic E-state index is 11.0. The summed E-state index contributed by atoms with van der Waals surface area (Å²) in [5.41, 5.74) is 0.703. The Morgan fingerprint density at radius 3 is 2.94 bits per heavy atom. The highest BCUT2D eigenvalue weighted by atomic mass is 16.4. The van der Waals surface area contributed by atoms with E-state index < -0.39 is 11.4 Å². The molecule has 5 nitrogen and oxygen atoms in total. The van der Waals surface area contributed by atoms with Crippen molar-refractivity contribution in [2.24, 2.45) is 0 Å². The van der Waals surface area contributed by atoms with Gasteiger partial charge >= 0.3 is 5.76 Å². The Morgan fingerprint density at radius 2 is 2.24 bits per heavy atom. The molecule has 0 saturated heterocycles. The molecule has 3 N–H and O–H groups in total. The van der Waals surface area contributed by atoms with Gasteiger partial charge in [-0.25, -0.2) is 4.79 Å². The van der Waals surface area contributed by atoms with E-state index in [0.29, 0.717) is 29.5 Å². The lowest BCUT2D eigenvalue weighted by atomic mass is 9.91. The van der Waals surface area contributed by atoms with Crippen molar-refractivity contribution < 1.29 is 14.6 Å². The van der Waals surface area contributed by atoms with Gasteiger partial charge in [0.2, 0.25) is 0 Å². The second-order valence-electron chi connectivity index (χ2n) is 4.33. The normalized spacial score (nSPS) is 15.0. The molecule has 0 fully saturated rings. The summed E-state index contributed by atoms with van der Waals surface area (Å²) >= 11 is 0. The quantitative estimate of drug-likeness (QED) is 0.743. The zero-order valence-electron chi connectivity index (χ0n) is 9.56. The maximum Gasteiger partial charge on any atom is 0.417 e. The van der Waals surface area contributed by atoms with E-state index in [2.05, 4.69) is 4.98 Å². The standard InChI is InChI=1S/C12H15NO4/c1-12(16,5-2-6-14)8-3-4-10-9(7-8)13-11(15)17-10/h3-4,7,14,16H,2,5-6H2,1H3,(H,13,15). The number of aromatic nitrogens is 1. The van der Waals surface area contributed by atoms with E-state index >= 15 is 0 Å². The molecule has 0 spiro atoms. The molecule has 2 aromatic rings. The van der Waals surface area contributed by atoms with Gasteiger partial charge in [0.25, 0.3) is 0 Å². The maximum absolute atomic E-state index is 11.0. The third-order valence-electron chi connectivity index (χ3n) is 2.86. The number of fused-ring (bicyclic) bond motifs is 1. The van der Waals surface area contributed by atoms with Crippen molar-refractivity contribution in [3.8, 4) is 0 Å². The minimum absolute atomic E-state index is 0.0426. The Labute approximate surface area is 97.7 Å². The van der Waals surface area contributed by atoms with Crippen LogP contribution in [0.1, 0.15) is 25.3 Å². The lowest BCUT2D eigenvalue weighted by Gasteiger charge is -2.23. The Bertz CT molecular complexity index is 567. The molecule has 0 bridgehead atoms. The van der Waals surface area contributed by atoms with Crippen LogP contribution in [0.25, 0.3) is 11.1 Å². The summed E-state index contributed by atoms with van der Waals surface area (Å²) in [4.78, 5) is 13.5. The van der Waals surface area contributed by atoms with Gasteiger partial charge in [-0.2, -0.15) is 0 Å². The van der Waals surface area contributed by atoms with Gasteiger partial charge in [-0.15, -0.1) is 0 Å². The zero-order valence-corrected chi connectivity index (χ0v) is 9.56. The Kier molecular flexibility index (Phi) is 3.04. The molecule has 0 aliphatic heterocycles. The molecule has 5 heteroatoms. The lowest BCUT2D eigenvalue weighted by Crippen LogP contribution is -2.21. The van der Waals surface area contributed by atoms with Gasteiger partial charge in [-0.3, -0.25) is 4.98 Å². The number of hydrogen-bond donors (Lipinski definition) is 3. The smallest absolute Gasteiger partial charge is 0.408 e. The summed E-state index contributed by atoms with van der Waals surface area (Å²) < 4.78 is 4.88. The van der Waals surface area contributed by atoms with Gasteiger partial charge in [0.15, 0.2) is 5.58 Å². The fraction of sp³-hybridized carbons (Fsp3) is 0.417. The Morgan fingerprint density at radius 1 is 1.47 bits per heavy atom. The minimum Gasteiger partial charge on any atom is -0.408 e. The van der Waals surface area contributed by atoms with Crippen LogP contribution in [0.2, 0.25) is 0 Å². The SMILES string of the molecule is CC(O)(CCCO)c1ccc2oc(=O)[nH]c2c1. The van der Waals surface area contributed by atoms with Crippen molar-refractivity contribution in [2.45, 2.75) is 25.4 Å². The van der Waals surface area contributed by atoms with Gasteiger partial charge in [0, 0.05) is 6.61 Å². The summed E-state index contributed by atoms with van der Waals surface area (Å²) in [6.45, 7) is 1.73. The lowest BCUT2D eigenvalue weighted by molar-refractivity contribution is 0.0404. The van der Waals surface area contributed by atoms with Crippen LogP contribution >= 0.6 is 0 Å². The molecule has 0 aliphatic carbocycles. The van der Waals surface area contributed by atoms with Gasteiger partial charge in [-0.05, 0) is 37.5 Å². The molecule has 0 amide bonds. The molecule has 1 atom stereocenters. The molecule has 1 unspecified atom stereocenters. The number of nitrogens with one attached hydrogen (secondary N) is 1. The van der Waals surface area contributed by atoms with E-state index in [0.717, 1.165) is 0 Å². The zero-order chi connectivity index (χ0) is 12.5. The number of H-pyrrole nitrogens is 1. The first-order valence-electron chi connectivity index (χ1n) is 5.49. The fourth-order valence-electron chi connectivity index (χ4n) is 1.85. The van der Waals surface area contributed by atoms with Crippen LogP contribution in [0.5, 0.6) is 0 Å². The molecule has 92 valence electrons. The van der Waals surface area contributed by atoms with Gasteiger partial charge < -0.3 is 14.6 Å². The number of hydrogen-bond acceptors (Lipinski definition) is 4. The number of aromatic amines is 1. The van der Waals surface area contributed by atoms with Crippen molar-refractivity contribution in [3.63, 3.8) is 0 Å². The number of oxazole rings is 1. The van der Waals surface area contributed by atoms with Crippen molar-refractivity contribution in [2.75, 3.05) is 6.61 Å². The number of rotatable bonds is 4. The van der Waals surface area contributed by atoms with Crippen LogP contribution in [0.15, 0.2) is 27.4 Å². The number of benzene rings is 1. The molecule has 0 saturated carbocycles. The van der Waals surface area contributed by atoms with Crippen LogP contribution < -0.4 is 5.76 Å². The third-order valence-corrected chi connectivity index (χ3v) is 2.86. The van der Waals surface area contributed by atoms with Crippen LogP contribution in [0.3, 0.4) is 0 Å². The summed E-state index contributed by atoms with van der Waals surface area (Å²) in [6.07, 6.45) is 0.976. The van der Waals surface area contributed by atoms with Crippen LogP contribution in [-0.4, -0.2) is 21.8 Å². The first-order valence-corrected chi connectivity index (χ1v) is 5.49. The topological polar surface area (TPSA) is 86.5 Å². The molecule has 1 heterocycles. The first kappa shape index (κ1) is 11.9. The highest BCUT2D eigenvalue weighted by Crippen LogP contribution is 2.27. The van der Waals surface area contributed by atoms with E-state index in [-0.39, 0.29) is 6.61 Å². The van der Waals surface area contributed by atoms with E-state index in [1.54, 1.807) is 25.1 Å². The van der Waals surface area contributed by atoms with Crippen molar-refractivity contribution in [1.29, 1.82) is 0 Å². The first-order chi connectivity index (χ1) is 8.03. The van der Waals surface area contributed by atoms with E-state index in [1.165, 1.54) is 0 Å². The molecule has 17 heavy (non-hydrogen) atoms. The summed E-state index contributed by atoms with van der Waals surface area (Å²) in [6, 6.07) is 5.06. The second-order valence-corrected chi connectivity index (χ2v) is 4.33. The Hall–Kier alpha value is -1.59. The highest BCUT2D eigenvalue weighted by Gasteiger charge is 2.23.